The van der Waals surface area contributed by atoms with Gasteiger partial charge in [0, 0.05) is 30.2 Å². The molecule has 6 nitrogen and oxygen atoms in total. The third kappa shape index (κ3) is 3.62. The van der Waals surface area contributed by atoms with Crippen molar-refractivity contribution in [1.82, 2.24) is 14.9 Å². The van der Waals surface area contributed by atoms with Gasteiger partial charge < -0.3 is 15.2 Å². The number of amides is 1. The van der Waals surface area contributed by atoms with E-state index in [9.17, 15) is 4.79 Å². The van der Waals surface area contributed by atoms with Crippen LogP contribution in [0.2, 0.25) is 0 Å². The van der Waals surface area contributed by atoms with Gasteiger partial charge in [0.2, 0.25) is 0 Å². The molecular formula is C23H25N5O. The summed E-state index contributed by atoms with van der Waals surface area (Å²) in [7, 11) is 2.02. The molecular weight excluding hydrogens is 362 g/mol. The number of hydrogen-bond acceptors (Lipinski definition) is 4. The number of nitrogens with one attached hydrogen (secondary N) is 2. The van der Waals surface area contributed by atoms with Crippen LogP contribution in [0.25, 0.3) is 11.0 Å². The van der Waals surface area contributed by atoms with Crippen molar-refractivity contribution in [3.63, 3.8) is 0 Å². The van der Waals surface area contributed by atoms with Crippen molar-refractivity contribution in [1.29, 1.82) is 5.26 Å². The van der Waals surface area contributed by atoms with Crippen molar-refractivity contribution in [3.05, 3.63) is 58.9 Å². The van der Waals surface area contributed by atoms with E-state index in [2.05, 4.69) is 39.4 Å². The summed E-state index contributed by atoms with van der Waals surface area (Å²) in [5, 5.41) is 16.7. The average molecular weight is 387 g/mol. The number of fused-ring (bicyclic) bond motifs is 1. The Hall–Kier alpha value is -3.17. The largest absolute Gasteiger partial charge is 0.335 e. The molecule has 148 valence electrons. The molecule has 1 amide bonds. The van der Waals surface area contributed by atoms with Crippen LogP contribution in [0.15, 0.2) is 36.7 Å². The standard InChI is InChI=1S/C23H25N5O/c1-14-9-17(7-8-25-14)19-13-28(3)22-21(19)15(2)20(12-26-22)27-23(29)18-6-4-5-16(10-18)11-24/h4-6,10,12-14,17,25H,7-9H2,1-3H3,(H,27,29)/t14-,17+/m0/s1. The molecule has 0 aliphatic carbocycles. The first-order valence-electron chi connectivity index (χ1n) is 9.97. The first-order valence-corrected chi connectivity index (χ1v) is 9.97. The molecule has 6 heteroatoms. The molecule has 0 radical (unpaired) electrons. The van der Waals surface area contributed by atoms with Gasteiger partial charge in [-0.1, -0.05) is 6.07 Å². The van der Waals surface area contributed by atoms with Crippen LogP contribution >= 0.6 is 0 Å². The van der Waals surface area contributed by atoms with Crippen LogP contribution in [-0.2, 0) is 7.05 Å². The first-order chi connectivity index (χ1) is 14.0. The van der Waals surface area contributed by atoms with E-state index in [4.69, 9.17) is 5.26 Å². The Kier molecular flexibility index (Phi) is 5.08. The van der Waals surface area contributed by atoms with Crippen molar-refractivity contribution in [2.45, 2.75) is 38.6 Å². The zero-order valence-corrected chi connectivity index (χ0v) is 17.0. The number of carbonyl (C=O) groups excluding carboxylic acids is 1. The first kappa shape index (κ1) is 19.2. The minimum atomic E-state index is -0.237. The van der Waals surface area contributed by atoms with Gasteiger partial charge in [-0.05, 0) is 68.5 Å². The molecule has 4 rings (SSSR count). The van der Waals surface area contributed by atoms with E-state index < -0.39 is 0 Å². The molecule has 0 unspecified atom stereocenters. The molecule has 3 aromatic rings. The maximum atomic E-state index is 12.7. The van der Waals surface area contributed by atoms with Crippen molar-refractivity contribution < 1.29 is 4.79 Å². The zero-order valence-electron chi connectivity index (χ0n) is 17.0. The Morgan fingerprint density at radius 3 is 3.00 bits per heavy atom. The maximum absolute atomic E-state index is 12.7. The van der Waals surface area contributed by atoms with Gasteiger partial charge in [0.1, 0.15) is 5.65 Å². The van der Waals surface area contributed by atoms with Gasteiger partial charge >= 0.3 is 0 Å². The fourth-order valence-corrected chi connectivity index (χ4v) is 4.31. The van der Waals surface area contributed by atoms with E-state index in [1.54, 1.807) is 30.5 Å². The van der Waals surface area contributed by atoms with Crippen molar-refractivity contribution in [2.75, 3.05) is 11.9 Å². The van der Waals surface area contributed by atoms with Gasteiger partial charge in [0.15, 0.2) is 0 Å². The lowest BCUT2D eigenvalue weighted by molar-refractivity contribution is 0.102. The molecule has 2 atom stereocenters. The lowest BCUT2D eigenvalue weighted by atomic mass is 9.86. The predicted octanol–water partition coefficient (Wildman–Crippen LogP) is 3.86. The van der Waals surface area contributed by atoms with Crippen molar-refractivity contribution in [2.24, 2.45) is 7.05 Å². The number of benzene rings is 1. The fraction of sp³-hybridized carbons (Fsp3) is 0.348. The summed E-state index contributed by atoms with van der Waals surface area (Å²) in [4.78, 5) is 17.4. The Balaban J connectivity index is 1.71. The lowest BCUT2D eigenvalue weighted by Gasteiger charge is -2.28. The van der Waals surface area contributed by atoms with E-state index in [0.29, 0.717) is 28.8 Å². The molecule has 0 bridgehead atoms. The van der Waals surface area contributed by atoms with Crippen molar-refractivity contribution in [3.8, 4) is 6.07 Å². The second-order valence-electron chi connectivity index (χ2n) is 7.91. The zero-order chi connectivity index (χ0) is 20.5. The summed E-state index contributed by atoms with van der Waals surface area (Å²) in [6.45, 7) is 5.28. The Morgan fingerprint density at radius 1 is 1.41 bits per heavy atom. The quantitative estimate of drug-likeness (QED) is 0.715. The van der Waals surface area contributed by atoms with E-state index >= 15 is 0 Å². The minimum absolute atomic E-state index is 0.237. The van der Waals surface area contributed by atoms with Crippen LogP contribution in [0.3, 0.4) is 0 Å². The molecule has 29 heavy (non-hydrogen) atoms. The summed E-state index contributed by atoms with van der Waals surface area (Å²) in [6.07, 6.45) is 6.10. The normalized spacial score (nSPS) is 19.1. The highest BCUT2D eigenvalue weighted by Gasteiger charge is 2.25. The van der Waals surface area contributed by atoms with Gasteiger partial charge in [-0.3, -0.25) is 4.79 Å². The van der Waals surface area contributed by atoms with Crippen LogP contribution in [0, 0.1) is 18.3 Å². The van der Waals surface area contributed by atoms with Crippen LogP contribution in [0.4, 0.5) is 5.69 Å². The van der Waals surface area contributed by atoms with Crippen LogP contribution in [0.1, 0.15) is 52.7 Å². The molecule has 1 fully saturated rings. The molecule has 0 saturated carbocycles. The summed E-state index contributed by atoms with van der Waals surface area (Å²) in [5.74, 6) is 0.244. The van der Waals surface area contributed by atoms with Gasteiger partial charge in [-0.15, -0.1) is 0 Å². The van der Waals surface area contributed by atoms with Crippen LogP contribution in [-0.4, -0.2) is 28.0 Å². The average Bonchev–Trinajstić information content (AvgIpc) is 3.07. The molecule has 3 heterocycles. The number of anilines is 1. The lowest BCUT2D eigenvalue weighted by Crippen LogP contribution is -2.34. The monoisotopic (exact) mass is 387 g/mol. The number of aryl methyl sites for hydroxylation is 2. The Labute approximate surface area is 170 Å². The van der Waals surface area contributed by atoms with Crippen LogP contribution < -0.4 is 10.6 Å². The number of nitrogens with zero attached hydrogens (tertiary/aromatic N) is 3. The summed E-state index contributed by atoms with van der Waals surface area (Å²) < 4.78 is 2.08. The van der Waals surface area contributed by atoms with Crippen molar-refractivity contribution >= 4 is 22.6 Å². The minimum Gasteiger partial charge on any atom is -0.335 e. The van der Waals surface area contributed by atoms with Gasteiger partial charge in [-0.2, -0.15) is 5.26 Å². The number of carbonyl (C=O) groups is 1. The number of nitriles is 1. The molecule has 1 aliphatic heterocycles. The third-order valence-corrected chi connectivity index (χ3v) is 5.84. The van der Waals surface area contributed by atoms with Gasteiger partial charge in [0.25, 0.3) is 5.91 Å². The van der Waals surface area contributed by atoms with Gasteiger partial charge in [-0.25, -0.2) is 4.98 Å². The number of pyridine rings is 1. The smallest absolute Gasteiger partial charge is 0.255 e. The highest BCUT2D eigenvalue weighted by Crippen LogP contribution is 2.37. The molecule has 1 saturated heterocycles. The number of rotatable bonds is 3. The van der Waals surface area contributed by atoms with E-state index in [1.165, 1.54) is 5.56 Å². The Morgan fingerprint density at radius 2 is 2.24 bits per heavy atom. The SMILES string of the molecule is Cc1c(NC(=O)c2cccc(C#N)c2)cnc2c1c([C@@H]1CCN[C@@H](C)C1)cn2C. The van der Waals surface area contributed by atoms with E-state index in [0.717, 1.165) is 36.0 Å². The highest BCUT2D eigenvalue weighted by molar-refractivity contribution is 6.06. The third-order valence-electron chi connectivity index (χ3n) is 5.84. The molecule has 1 aromatic carbocycles. The molecule has 2 N–H and O–H groups in total. The second kappa shape index (κ2) is 7.69. The number of aromatic nitrogens is 2. The number of piperidine rings is 1. The van der Waals surface area contributed by atoms with Gasteiger partial charge in [0.05, 0.1) is 23.5 Å². The number of hydrogen-bond donors (Lipinski definition) is 2. The highest BCUT2D eigenvalue weighted by atomic mass is 16.1. The molecule has 1 aliphatic rings. The second-order valence-corrected chi connectivity index (χ2v) is 7.91. The van der Waals surface area contributed by atoms with E-state index in [1.807, 2.05) is 14.0 Å². The fourth-order valence-electron chi connectivity index (χ4n) is 4.31. The summed E-state index contributed by atoms with van der Waals surface area (Å²) >= 11 is 0. The maximum Gasteiger partial charge on any atom is 0.255 e. The summed E-state index contributed by atoms with van der Waals surface area (Å²) in [6, 6.07) is 9.28. The Bertz CT molecular complexity index is 1120. The summed E-state index contributed by atoms with van der Waals surface area (Å²) in [5.41, 5.74) is 4.91. The predicted molar refractivity (Wildman–Crippen MR) is 114 cm³/mol. The topological polar surface area (TPSA) is 82.7 Å². The molecule has 0 spiro atoms. The molecule has 2 aromatic heterocycles. The van der Waals surface area contributed by atoms with E-state index in [-0.39, 0.29) is 5.91 Å². The van der Waals surface area contributed by atoms with Crippen LogP contribution in [0.5, 0.6) is 0 Å².